The number of thiol groups is 1. The van der Waals surface area contributed by atoms with E-state index in [1.54, 1.807) is 7.11 Å². The molecule has 1 aromatic carbocycles. The third-order valence-corrected chi connectivity index (χ3v) is 2.22. The Labute approximate surface area is 76.0 Å². The Kier molecular flexibility index (Phi) is 3.66. The number of rotatable bonds is 3. The van der Waals surface area contributed by atoms with E-state index in [1.165, 1.54) is 16.4 Å². The molecule has 0 aliphatic carbocycles. The molecule has 0 radical (unpaired) electrons. The van der Waals surface area contributed by atoms with Crippen LogP contribution in [0.3, 0.4) is 0 Å². The molecular formula is C8H10OS2. The molecule has 0 saturated carbocycles. The zero-order valence-electron chi connectivity index (χ0n) is 6.28. The zero-order chi connectivity index (χ0) is 8.10. The van der Waals surface area contributed by atoms with E-state index < -0.39 is 0 Å². The normalized spacial score (nSPS) is 9.64. The van der Waals surface area contributed by atoms with Crippen molar-refractivity contribution >= 4 is 22.5 Å². The molecule has 1 aromatic rings. The molecule has 0 spiro atoms. The predicted molar refractivity (Wildman–Crippen MR) is 53.3 cm³/mol. The lowest BCUT2D eigenvalue weighted by Crippen LogP contribution is -1.84. The summed E-state index contributed by atoms with van der Waals surface area (Å²) in [6.45, 7) is 0. The minimum Gasteiger partial charge on any atom is -0.497 e. The van der Waals surface area contributed by atoms with Crippen LogP contribution in [0, 0.1) is 0 Å². The Morgan fingerprint density at radius 3 is 3.00 bits per heavy atom. The van der Waals surface area contributed by atoms with Crippen LogP contribution in [0.2, 0.25) is 0 Å². The maximum atomic E-state index is 5.07. The van der Waals surface area contributed by atoms with E-state index in [2.05, 4.69) is 17.7 Å². The van der Waals surface area contributed by atoms with Crippen LogP contribution in [0.15, 0.2) is 24.3 Å². The van der Waals surface area contributed by atoms with Crippen LogP contribution in [0.1, 0.15) is 5.56 Å². The number of hydrogen-bond acceptors (Lipinski definition) is 3. The van der Waals surface area contributed by atoms with Crippen LogP contribution in [-0.4, -0.2) is 7.11 Å². The van der Waals surface area contributed by atoms with Crippen LogP contribution in [0.25, 0.3) is 0 Å². The Hall–Kier alpha value is -0.280. The van der Waals surface area contributed by atoms with Gasteiger partial charge in [-0.15, -0.1) is 11.7 Å². The highest BCUT2D eigenvalue weighted by Gasteiger charge is 1.93. The zero-order valence-corrected chi connectivity index (χ0v) is 7.99. The van der Waals surface area contributed by atoms with Gasteiger partial charge in [-0.3, -0.25) is 0 Å². The van der Waals surface area contributed by atoms with E-state index in [4.69, 9.17) is 4.74 Å². The van der Waals surface area contributed by atoms with Gasteiger partial charge in [-0.05, 0) is 17.7 Å². The maximum absolute atomic E-state index is 5.07. The second kappa shape index (κ2) is 4.57. The topological polar surface area (TPSA) is 9.23 Å². The summed E-state index contributed by atoms with van der Waals surface area (Å²) >= 11 is 4.07. The first-order chi connectivity index (χ1) is 5.36. The highest BCUT2D eigenvalue weighted by Crippen LogP contribution is 2.19. The number of benzene rings is 1. The van der Waals surface area contributed by atoms with Crippen molar-refractivity contribution in [3.63, 3.8) is 0 Å². The van der Waals surface area contributed by atoms with Crippen molar-refractivity contribution in [3.05, 3.63) is 29.8 Å². The average Bonchev–Trinajstić information content (AvgIpc) is 2.06. The largest absolute Gasteiger partial charge is 0.497 e. The minimum absolute atomic E-state index is 0.907. The Balaban J connectivity index is 2.74. The van der Waals surface area contributed by atoms with Gasteiger partial charge < -0.3 is 4.74 Å². The Morgan fingerprint density at radius 2 is 2.36 bits per heavy atom. The summed E-state index contributed by atoms with van der Waals surface area (Å²) in [5.74, 6) is 1.82. The second-order valence-corrected chi connectivity index (χ2v) is 3.45. The van der Waals surface area contributed by atoms with Crippen molar-refractivity contribution in [2.75, 3.05) is 7.11 Å². The molecule has 0 aliphatic rings. The third-order valence-electron chi connectivity index (χ3n) is 1.37. The molecule has 11 heavy (non-hydrogen) atoms. The fourth-order valence-electron chi connectivity index (χ4n) is 0.837. The molecule has 0 bridgehead atoms. The maximum Gasteiger partial charge on any atom is 0.119 e. The van der Waals surface area contributed by atoms with E-state index in [9.17, 15) is 0 Å². The van der Waals surface area contributed by atoms with Crippen LogP contribution in [-0.2, 0) is 5.75 Å². The highest BCUT2D eigenvalue weighted by atomic mass is 33.1. The van der Waals surface area contributed by atoms with Gasteiger partial charge in [0.25, 0.3) is 0 Å². The van der Waals surface area contributed by atoms with Gasteiger partial charge in [0.1, 0.15) is 5.75 Å². The third kappa shape index (κ3) is 2.67. The van der Waals surface area contributed by atoms with Gasteiger partial charge in [0, 0.05) is 5.75 Å². The molecule has 0 unspecified atom stereocenters. The SMILES string of the molecule is COc1cccc(CSS)c1. The Morgan fingerprint density at radius 1 is 1.55 bits per heavy atom. The number of hydrogen-bond donors (Lipinski definition) is 1. The minimum atomic E-state index is 0.907. The van der Waals surface area contributed by atoms with Crippen molar-refractivity contribution in [1.82, 2.24) is 0 Å². The van der Waals surface area contributed by atoms with Crippen LogP contribution >= 0.6 is 22.5 Å². The lowest BCUT2D eigenvalue weighted by atomic mass is 10.2. The summed E-state index contributed by atoms with van der Waals surface area (Å²) in [6, 6.07) is 8.00. The Bertz CT molecular complexity index is 225. The molecule has 0 fully saturated rings. The van der Waals surface area contributed by atoms with Crippen molar-refractivity contribution in [2.24, 2.45) is 0 Å². The molecule has 1 nitrogen and oxygen atoms in total. The first-order valence-corrected chi connectivity index (χ1v) is 5.30. The molecular weight excluding hydrogens is 176 g/mol. The van der Waals surface area contributed by atoms with Crippen LogP contribution in [0.5, 0.6) is 5.75 Å². The first kappa shape index (κ1) is 8.81. The van der Waals surface area contributed by atoms with Gasteiger partial charge in [0.15, 0.2) is 0 Å². The lowest BCUT2D eigenvalue weighted by Gasteiger charge is -2.01. The van der Waals surface area contributed by atoms with Gasteiger partial charge in [0.2, 0.25) is 0 Å². The quantitative estimate of drug-likeness (QED) is 0.574. The van der Waals surface area contributed by atoms with Gasteiger partial charge >= 0.3 is 0 Å². The summed E-state index contributed by atoms with van der Waals surface area (Å²) in [6.07, 6.45) is 0. The number of methoxy groups -OCH3 is 1. The first-order valence-electron chi connectivity index (χ1n) is 3.26. The molecule has 0 saturated heterocycles. The monoisotopic (exact) mass is 186 g/mol. The second-order valence-electron chi connectivity index (χ2n) is 2.12. The van der Waals surface area contributed by atoms with Crippen molar-refractivity contribution in [3.8, 4) is 5.75 Å². The van der Waals surface area contributed by atoms with Gasteiger partial charge in [-0.25, -0.2) is 0 Å². The van der Waals surface area contributed by atoms with Gasteiger partial charge in [-0.1, -0.05) is 22.9 Å². The smallest absolute Gasteiger partial charge is 0.119 e. The van der Waals surface area contributed by atoms with Crippen molar-refractivity contribution in [1.29, 1.82) is 0 Å². The number of ether oxygens (including phenoxy) is 1. The summed E-state index contributed by atoms with van der Waals surface area (Å²) in [7, 11) is 3.19. The molecule has 60 valence electrons. The molecule has 0 amide bonds. The molecule has 0 heterocycles. The van der Waals surface area contributed by atoms with Crippen molar-refractivity contribution in [2.45, 2.75) is 5.75 Å². The average molecular weight is 186 g/mol. The van der Waals surface area contributed by atoms with Crippen LogP contribution < -0.4 is 4.74 Å². The molecule has 0 aliphatic heterocycles. The van der Waals surface area contributed by atoms with Gasteiger partial charge in [0.05, 0.1) is 7.11 Å². The molecule has 3 heteroatoms. The van der Waals surface area contributed by atoms with E-state index in [0.29, 0.717) is 0 Å². The van der Waals surface area contributed by atoms with Gasteiger partial charge in [-0.2, -0.15) is 0 Å². The summed E-state index contributed by atoms with van der Waals surface area (Å²) < 4.78 is 5.07. The van der Waals surface area contributed by atoms with Crippen molar-refractivity contribution < 1.29 is 4.74 Å². The van der Waals surface area contributed by atoms with E-state index >= 15 is 0 Å². The standard InChI is InChI=1S/C8H10OS2/c1-9-8-4-2-3-7(5-8)6-11-10/h2-5,10H,6H2,1H3. The molecule has 0 atom stereocenters. The fourth-order valence-corrected chi connectivity index (χ4v) is 1.61. The predicted octanol–water partition coefficient (Wildman–Crippen LogP) is 2.77. The highest BCUT2D eigenvalue weighted by molar-refractivity contribution is 8.68. The molecule has 0 N–H and O–H groups in total. The lowest BCUT2D eigenvalue weighted by molar-refractivity contribution is 0.414. The fraction of sp³-hybridized carbons (Fsp3) is 0.250. The van der Waals surface area contributed by atoms with Crippen LogP contribution in [0.4, 0.5) is 0 Å². The molecule has 1 rings (SSSR count). The summed E-state index contributed by atoms with van der Waals surface area (Å²) in [5, 5.41) is 0. The van der Waals surface area contributed by atoms with E-state index in [1.807, 2.05) is 18.2 Å². The summed E-state index contributed by atoms with van der Waals surface area (Å²) in [5.41, 5.74) is 1.24. The van der Waals surface area contributed by atoms with E-state index in [0.717, 1.165) is 11.5 Å². The molecule has 0 aromatic heterocycles. The summed E-state index contributed by atoms with van der Waals surface area (Å²) in [4.78, 5) is 0. The van der Waals surface area contributed by atoms with E-state index in [-0.39, 0.29) is 0 Å².